The summed E-state index contributed by atoms with van der Waals surface area (Å²) in [6.07, 6.45) is 2.93. The van der Waals surface area contributed by atoms with Crippen LogP contribution in [0.3, 0.4) is 0 Å². The van der Waals surface area contributed by atoms with E-state index >= 15 is 0 Å². The molecule has 4 bridgehead atoms. The van der Waals surface area contributed by atoms with Gasteiger partial charge in [-0.05, 0) is 50.7 Å². The van der Waals surface area contributed by atoms with Crippen LogP contribution in [0.5, 0.6) is 0 Å². The number of aliphatic hydroxyl groups excluding tert-OH is 1. The summed E-state index contributed by atoms with van der Waals surface area (Å²) in [6, 6.07) is 8.67. The third-order valence-electron chi connectivity index (χ3n) is 8.11. The Morgan fingerprint density at radius 1 is 1.27 bits per heavy atom. The number of aldehydes is 1. The van der Waals surface area contributed by atoms with Gasteiger partial charge in [0.05, 0.1) is 24.2 Å². The van der Waals surface area contributed by atoms with Gasteiger partial charge in [0.25, 0.3) is 0 Å². The summed E-state index contributed by atoms with van der Waals surface area (Å²) < 4.78 is 24.0. The van der Waals surface area contributed by atoms with Crippen LogP contribution in [0.25, 0.3) is 0 Å². The van der Waals surface area contributed by atoms with Gasteiger partial charge in [0.1, 0.15) is 24.1 Å². The summed E-state index contributed by atoms with van der Waals surface area (Å²) in [5, 5.41) is 9.59. The molecule has 1 aromatic carbocycles. The highest BCUT2D eigenvalue weighted by Gasteiger charge is 2.75. The van der Waals surface area contributed by atoms with Crippen LogP contribution >= 0.6 is 0 Å². The molecular formula is C25H30O8. The van der Waals surface area contributed by atoms with Gasteiger partial charge in [0.15, 0.2) is 6.29 Å². The van der Waals surface area contributed by atoms with Gasteiger partial charge in [-0.2, -0.15) is 0 Å². The third-order valence-corrected chi connectivity index (χ3v) is 8.11. The molecule has 0 spiro atoms. The summed E-state index contributed by atoms with van der Waals surface area (Å²) in [5.41, 5.74) is -1.14. The van der Waals surface area contributed by atoms with E-state index in [4.69, 9.17) is 18.9 Å². The van der Waals surface area contributed by atoms with Gasteiger partial charge in [-0.1, -0.05) is 18.2 Å². The van der Waals surface area contributed by atoms with Crippen LogP contribution in [-0.4, -0.2) is 60.1 Å². The van der Waals surface area contributed by atoms with E-state index in [0.717, 1.165) is 19.1 Å². The molecule has 0 radical (unpaired) electrons. The van der Waals surface area contributed by atoms with Crippen LogP contribution in [0.1, 0.15) is 49.4 Å². The quantitative estimate of drug-likeness (QED) is 0.490. The Kier molecular flexibility index (Phi) is 5.79. The number of carbonyl (C=O) groups is 3. The average Bonchev–Trinajstić information content (AvgIpc) is 2.81. The minimum absolute atomic E-state index is 0.0727. The maximum Gasteiger partial charge on any atom is 0.338 e. The van der Waals surface area contributed by atoms with Crippen molar-refractivity contribution in [3.8, 4) is 0 Å². The maximum absolute atomic E-state index is 13.0. The Balaban J connectivity index is 1.35. The van der Waals surface area contributed by atoms with E-state index < -0.39 is 35.5 Å². The van der Waals surface area contributed by atoms with Crippen molar-refractivity contribution in [3.05, 3.63) is 35.9 Å². The van der Waals surface area contributed by atoms with Gasteiger partial charge in [-0.15, -0.1) is 0 Å². The van der Waals surface area contributed by atoms with Crippen LogP contribution in [0.15, 0.2) is 30.3 Å². The zero-order chi connectivity index (χ0) is 23.2. The van der Waals surface area contributed by atoms with Crippen LogP contribution in [0.4, 0.5) is 0 Å². The SMILES string of the molecule is CC12CCC3CC1(O[C@H]1C[C@@H](C=O)C[C@@H](CO)O1)[C@H]3C(COC(=O)c1ccccc1)C(=O)O2. The van der Waals surface area contributed by atoms with Crippen molar-refractivity contribution in [2.45, 2.75) is 62.6 Å². The minimum atomic E-state index is -0.810. The fourth-order valence-corrected chi connectivity index (χ4v) is 6.42. The fourth-order valence-electron chi connectivity index (χ4n) is 6.42. The normalized spacial score (nSPS) is 41.5. The maximum atomic E-state index is 13.0. The Labute approximate surface area is 192 Å². The van der Waals surface area contributed by atoms with Gasteiger partial charge in [0.2, 0.25) is 0 Å². The third kappa shape index (κ3) is 3.68. The molecule has 33 heavy (non-hydrogen) atoms. The number of rotatable bonds is 7. The predicted molar refractivity (Wildman–Crippen MR) is 114 cm³/mol. The lowest BCUT2D eigenvalue weighted by Crippen LogP contribution is -2.79. The van der Waals surface area contributed by atoms with E-state index in [1.807, 2.05) is 13.0 Å². The van der Waals surface area contributed by atoms with Crippen LogP contribution in [-0.2, 0) is 28.5 Å². The highest BCUT2D eigenvalue weighted by atomic mass is 16.7. The summed E-state index contributed by atoms with van der Waals surface area (Å²) in [5.74, 6) is -1.61. The number of esters is 2. The monoisotopic (exact) mass is 458 g/mol. The van der Waals surface area contributed by atoms with Crippen molar-refractivity contribution < 1.29 is 38.4 Å². The molecule has 1 N–H and O–H groups in total. The summed E-state index contributed by atoms with van der Waals surface area (Å²) in [4.78, 5) is 36.9. The smallest absolute Gasteiger partial charge is 0.338 e. The van der Waals surface area contributed by atoms with Gasteiger partial charge in [-0.3, -0.25) is 4.79 Å². The minimum Gasteiger partial charge on any atom is -0.461 e. The molecular weight excluding hydrogens is 428 g/mol. The topological polar surface area (TPSA) is 108 Å². The molecule has 8 atom stereocenters. The van der Waals surface area contributed by atoms with Crippen LogP contribution in [0, 0.1) is 23.7 Å². The highest BCUT2D eigenvalue weighted by molar-refractivity contribution is 5.89. The first-order chi connectivity index (χ1) is 15.9. The van der Waals surface area contributed by atoms with E-state index in [0.29, 0.717) is 24.8 Å². The highest BCUT2D eigenvalue weighted by Crippen LogP contribution is 2.67. The van der Waals surface area contributed by atoms with Gasteiger partial charge < -0.3 is 28.8 Å². The second-order valence-electron chi connectivity index (χ2n) is 10.00. The number of hydrogen-bond acceptors (Lipinski definition) is 8. The zero-order valence-corrected chi connectivity index (χ0v) is 18.7. The van der Waals surface area contributed by atoms with E-state index in [1.165, 1.54) is 0 Å². The second kappa shape index (κ2) is 8.49. The lowest BCUT2D eigenvalue weighted by Gasteiger charge is -2.70. The molecule has 6 rings (SSSR count). The molecule has 0 aromatic heterocycles. The number of ether oxygens (including phenoxy) is 4. The standard InChI is InChI=1S/C25H30O8/c1-24-8-7-17-11-25(24,32-20-10-15(12-26)9-18(13-27)31-20)21(17)19(23(29)33-24)14-30-22(28)16-5-3-2-4-6-16/h2-6,12,15,17-21,27H,7-11,13-14H2,1H3/t15-,17?,18-,19?,20-,21+,24?,25?/m0/s1. The van der Waals surface area contributed by atoms with Crippen LogP contribution in [0.2, 0.25) is 0 Å². The Bertz CT molecular complexity index is 918. The number of fused-ring (bicyclic) bond motifs is 1. The number of hydrogen-bond donors (Lipinski definition) is 1. The van der Waals surface area contributed by atoms with Crippen molar-refractivity contribution in [2.75, 3.05) is 13.2 Å². The number of carbonyl (C=O) groups excluding carboxylic acids is 3. The van der Waals surface area contributed by atoms with Gasteiger partial charge in [-0.25, -0.2) is 4.79 Å². The molecule has 1 aromatic rings. The molecule has 3 saturated carbocycles. The Morgan fingerprint density at radius 2 is 2.06 bits per heavy atom. The Hall–Kier alpha value is -2.29. The molecule has 3 aliphatic carbocycles. The van der Waals surface area contributed by atoms with Crippen molar-refractivity contribution in [2.24, 2.45) is 23.7 Å². The molecule has 4 unspecified atom stereocenters. The predicted octanol–water partition coefficient (Wildman–Crippen LogP) is 2.27. The van der Waals surface area contributed by atoms with Crippen molar-refractivity contribution in [1.82, 2.24) is 0 Å². The van der Waals surface area contributed by atoms with E-state index in [1.54, 1.807) is 24.3 Å². The molecule has 5 fully saturated rings. The molecule has 5 aliphatic rings. The first kappa shape index (κ1) is 22.5. The van der Waals surface area contributed by atoms with Crippen molar-refractivity contribution in [3.63, 3.8) is 0 Å². The van der Waals surface area contributed by atoms with Crippen molar-refractivity contribution >= 4 is 18.2 Å². The largest absolute Gasteiger partial charge is 0.461 e. The lowest BCUT2D eigenvalue weighted by atomic mass is 9.44. The van der Waals surface area contributed by atoms with E-state index in [-0.39, 0.29) is 36.9 Å². The van der Waals surface area contributed by atoms with Crippen molar-refractivity contribution in [1.29, 1.82) is 0 Å². The molecule has 178 valence electrons. The number of benzene rings is 1. The summed E-state index contributed by atoms with van der Waals surface area (Å²) in [6.45, 7) is 1.65. The van der Waals surface area contributed by atoms with E-state index in [9.17, 15) is 19.5 Å². The van der Waals surface area contributed by atoms with E-state index in [2.05, 4.69) is 0 Å². The second-order valence-corrected chi connectivity index (χ2v) is 10.00. The van der Waals surface area contributed by atoms with Gasteiger partial charge >= 0.3 is 11.9 Å². The van der Waals surface area contributed by atoms with Crippen LogP contribution < -0.4 is 0 Å². The molecule has 2 saturated heterocycles. The summed E-state index contributed by atoms with van der Waals surface area (Å²) >= 11 is 0. The molecule has 8 nitrogen and oxygen atoms in total. The van der Waals surface area contributed by atoms with Gasteiger partial charge in [0, 0.05) is 18.3 Å². The molecule has 2 aliphatic heterocycles. The molecule has 0 amide bonds. The average molecular weight is 459 g/mol. The molecule has 8 heteroatoms. The fraction of sp³-hybridized carbons (Fsp3) is 0.640. The molecule has 2 heterocycles. The summed E-state index contributed by atoms with van der Waals surface area (Å²) in [7, 11) is 0. The Morgan fingerprint density at radius 3 is 2.79 bits per heavy atom. The number of aliphatic hydroxyl groups is 1. The lowest BCUT2D eigenvalue weighted by molar-refractivity contribution is -0.383. The first-order valence-corrected chi connectivity index (χ1v) is 11.7. The zero-order valence-electron chi connectivity index (χ0n) is 18.7. The first-order valence-electron chi connectivity index (χ1n) is 11.7.